The van der Waals surface area contributed by atoms with Crippen LogP contribution in [0.15, 0.2) is 0 Å². The molecule has 1 saturated heterocycles. The van der Waals surface area contributed by atoms with Crippen molar-refractivity contribution in [1.82, 2.24) is 14.5 Å². The standard InChI is InChI=1S/C13H23N3O/c1-10-11(2)15(3)13(14-10)9-16-7-4-5-12(17)6-8-16/h12,17H,4-9H2,1-3H3/t12-/m1/s1. The molecule has 0 radical (unpaired) electrons. The number of hydrogen-bond donors (Lipinski definition) is 1. The minimum absolute atomic E-state index is 0.107. The van der Waals surface area contributed by atoms with E-state index in [-0.39, 0.29) is 6.10 Å². The third-order valence-corrected chi connectivity index (χ3v) is 3.87. The highest BCUT2D eigenvalue weighted by Gasteiger charge is 2.17. The first-order valence-electron chi connectivity index (χ1n) is 6.47. The normalized spacial score (nSPS) is 22.7. The molecule has 1 aromatic heterocycles. The smallest absolute Gasteiger partial charge is 0.123 e. The van der Waals surface area contributed by atoms with Gasteiger partial charge >= 0.3 is 0 Å². The molecule has 0 saturated carbocycles. The van der Waals surface area contributed by atoms with Gasteiger partial charge in [-0.1, -0.05) is 0 Å². The highest BCUT2D eigenvalue weighted by atomic mass is 16.3. The minimum atomic E-state index is -0.107. The van der Waals surface area contributed by atoms with Gasteiger partial charge in [-0.05, 0) is 39.7 Å². The Bertz CT molecular complexity index is 386. The zero-order valence-electron chi connectivity index (χ0n) is 11.1. The summed E-state index contributed by atoms with van der Waals surface area (Å²) in [6, 6.07) is 0. The average molecular weight is 237 g/mol. The van der Waals surface area contributed by atoms with Gasteiger partial charge in [0, 0.05) is 19.3 Å². The quantitative estimate of drug-likeness (QED) is 0.845. The molecule has 0 amide bonds. The average Bonchev–Trinajstić information content (AvgIpc) is 2.48. The molecule has 4 nitrogen and oxygen atoms in total. The van der Waals surface area contributed by atoms with Crippen molar-refractivity contribution in [2.75, 3.05) is 13.1 Å². The van der Waals surface area contributed by atoms with Gasteiger partial charge in [0.2, 0.25) is 0 Å². The molecule has 1 N–H and O–H groups in total. The third-order valence-electron chi connectivity index (χ3n) is 3.87. The minimum Gasteiger partial charge on any atom is -0.393 e. The SMILES string of the molecule is Cc1nc(CN2CCC[C@@H](O)CC2)n(C)c1C. The van der Waals surface area contributed by atoms with E-state index in [1.807, 2.05) is 0 Å². The van der Waals surface area contributed by atoms with Gasteiger partial charge in [-0.15, -0.1) is 0 Å². The molecule has 1 fully saturated rings. The van der Waals surface area contributed by atoms with Crippen LogP contribution in [0.4, 0.5) is 0 Å². The number of aromatic nitrogens is 2. The first-order valence-corrected chi connectivity index (χ1v) is 6.47. The van der Waals surface area contributed by atoms with Crippen molar-refractivity contribution < 1.29 is 5.11 Å². The van der Waals surface area contributed by atoms with Gasteiger partial charge in [-0.25, -0.2) is 4.98 Å². The lowest BCUT2D eigenvalue weighted by Crippen LogP contribution is -2.26. The summed E-state index contributed by atoms with van der Waals surface area (Å²) in [6.45, 7) is 7.12. The summed E-state index contributed by atoms with van der Waals surface area (Å²) >= 11 is 0. The maximum absolute atomic E-state index is 9.63. The summed E-state index contributed by atoms with van der Waals surface area (Å²) < 4.78 is 2.18. The Balaban J connectivity index is 2.02. The van der Waals surface area contributed by atoms with Gasteiger partial charge in [-0.3, -0.25) is 4.90 Å². The van der Waals surface area contributed by atoms with Gasteiger partial charge in [0.1, 0.15) is 5.82 Å². The van der Waals surface area contributed by atoms with Crippen molar-refractivity contribution in [2.24, 2.45) is 7.05 Å². The van der Waals surface area contributed by atoms with Gasteiger partial charge in [0.05, 0.1) is 18.3 Å². The molecule has 0 spiro atoms. The van der Waals surface area contributed by atoms with Crippen LogP contribution < -0.4 is 0 Å². The predicted molar refractivity (Wildman–Crippen MR) is 67.8 cm³/mol. The molecule has 1 aliphatic rings. The van der Waals surface area contributed by atoms with Crippen molar-refractivity contribution >= 4 is 0 Å². The lowest BCUT2D eigenvalue weighted by Gasteiger charge is -2.19. The van der Waals surface area contributed by atoms with Crippen LogP contribution in [-0.2, 0) is 13.6 Å². The number of likely N-dealkylation sites (tertiary alicyclic amines) is 1. The molecule has 96 valence electrons. The Kier molecular flexibility index (Phi) is 3.84. The van der Waals surface area contributed by atoms with Crippen LogP contribution in [0.5, 0.6) is 0 Å². The Labute approximate surface area is 103 Å². The number of aliphatic hydroxyl groups excluding tert-OH is 1. The molecule has 2 heterocycles. The first kappa shape index (κ1) is 12.6. The molecular weight excluding hydrogens is 214 g/mol. The topological polar surface area (TPSA) is 41.3 Å². The highest BCUT2D eigenvalue weighted by Crippen LogP contribution is 2.15. The second-order valence-corrected chi connectivity index (χ2v) is 5.12. The Morgan fingerprint density at radius 2 is 2.06 bits per heavy atom. The van der Waals surface area contributed by atoms with Crippen molar-refractivity contribution in [1.29, 1.82) is 0 Å². The van der Waals surface area contributed by atoms with E-state index in [2.05, 4.69) is 35.3 Å². The van der Waals surface area contributed by atoms with E-state index in [1.54, 1.807) is 0 Å². The molecule has 2 rings (SSSR count). The summed E-state index contributed by atoms with van der Waals surface area (Å²) in [5, 5.41) is 9.63. The Morgan fingerprint density at radius 1 is 1.29 bits per heavy atom. The predicted octanol–water partition coefficient (Wildman–Crippen LogP) is 1.38. The fourth-order valence-corrected chi connectivity index (χ4v) is 2.42. The summed E-state index contributed by atoms with van der Waals surface area (Å²) in [7, 11) is 2.08. The van der Waals surface area contributed by atoms with Gasteiger partial charge in [0.15, 0.2) is 0 Å². The number of rotatable bonds is 2. The van der Waals surface area contributed by atoms with E-state index in [9.17, 15) is 5.11 Å². The number of aryl methyl sites for hydroxylation is 1. The summed E-state index contributed by atoms with van der Waals surface area (Å²) in [5.41, 5.74) is 2.37. The maximum atomic E-state index is 9.63. The highest BCUT2D eigenvalue weighted by molar-refractivity contribution is 5.13. The van der Waals surface area contributed by atoms with Crippen LogP contribution in [0.2, 0.25) is 0 Å². The summed E-state index contributed by atoms with van der Waals surface area (Å²) in [5.74, 6) is 1.14. The first-order chi connectivity index (χ1) is 8.08. The lowest BCUT2D eigenvalue weighted by molar-refractivity contribution is 0.154. The fourth-order valence-electron chi connectivity index (χ4n) is 2.42. The molecule has 0 bridgehead atoms. The number of imidazole rings is 1. The molecule has 1 aromatic rings. The molecule has 0 aromatic carbocycles. The molecular formula is C13H23N3O. The fraction of sp³-hybridized carbons (Fsp3) is 0.769. The summed E-state index contributed by atoms with van der Waals surface area (Å²) in [4.78, 5) is 7.01. The molecule has 0 aliphatic carbocycles. The van der Waals surface area contributed by atoms with Crippen LogP contribution in [0.25, 0.3) is 0 Å². The third kappa shape index (κ3) is 2.87. The van der Waals surface area contributed by atoms with Crippen LogP contribution in [0.3, 0.4) is 0 Å². The van der Waals surface area contributed by atoms with Crippen LogP contribution in [0, 0.1) is 13.8 Å². The molecule has 1 atom stereocenters. The van der Waals surface area contributed by atoms with E-state index < -0.39 is 0 Å². The number of nitrogens with zero attached hydrogens (tertiary/aromatic N) is 3. The largest absolute Gasteiger partial charge is 0.393 e. The van der Waals surface area contributed by atoms with Gasteiger partial charge in [0.25, 0.3) is 0 Å². The van der Waals surface area contributed by atoms with E-state index in [0.29, 0.717) is 0 Å². The van der Waals surface area contributed by atoms with E-state index >= 15 is 0 Å². The van der Waals surface area contributed by atoms with Crippen molar-refractivity contribution in [3.05, 3.63) is 17.2 Å². The second-order valence-electron chi connectivity index (χ2n) is 5.12. The van der Waals surface area contributed by atoms with Crippen LogP contribution >= 0.6 is 0 Å². The van der Waals surface area contributed by atoms with Crippen LogP contribution in [-0.4, -0.2) is 38.8 Å². The molecule has 4 heteroatoms. The zero-order chi connectivity index (χ0) is 12.4. The zero-order valence-corrected chi connectivity index (χ0v) is 11.1. The number of aliphatic hydroxyl groups is 1. The Morgan fingerprint density at radius 3 is 2.71 bits per heavy atom. The van der Waals surface area contributed by atoms with E-state index in [1.165, 1.54) is 5.69 Å². The van der Waals surface area contributed by atoms with Gasteiger partial charge < -0.3 is 9.67 Å². The van der Waals surface area contributed by atoms with Gasteiger partial charge in [-0.2, -0.15) is 0 Å². The molecule has 17 heavy (non-hydrogen) atoms. The van der Waals surface area contributed by atoms with Crippen molar-refractivity contribution in [3.8, 4) is 0 Å². The van der Waals surface area contributed by atoms with Crippen LogP contribution in [0.1, 0.15) is 36.5 Å². The Hall–Kier alpha value is -0.870. The van der Waals surface area contributed by atoms with Crippen molar-refractivity contribution in [2.45, 2.75) is 45.8 Å². The monoisotopic (exact) mass is 237 g/mol. The lowest BCUT2D eigenvalue weighted by atomic mass is 10.2. The molecule has 0 unspecified atom stereocenters. The number of hydrogen-bond acceptors (Lipinski definition) is 3. The molecule has 1 aliphatic heterocycles. The second kappa shape index (κ2) is 5.19. The van der Waals surface area contributed by atoms with E-state index in [4.69, 9.17) is 0 Å². The van der Waals surface area contributed by atoms with E-state index in [0.717, 1.165) is 50.4 Å². The summed E-state index contributed by atoms with van der Waals surface area (Å²) in [6.07, 6.45) is 2.81. The van der Waals surface area contributed by atoms with Crippen molar-refractivity contribution in [3.63, 3.8) is 0 Å². The maximum Gasteiger partial charge on any atom is 0.123 e.